The fourth-order valence-corrected chi connectivity index (χ4v) is 0.876. The van der Waals surface area contributed by atoms with E-state index in [0.29, 0.717) is 0 Å². The lowest BCUT2D eigenvalue weighted by Gasteiger charge is -2.03. The molecule has 9 heavy (non-hydrogen) atoms. The Bertz CT molecular complexity index is 149. The summed E-state index contributed by atoms with van der Waals surface area (Å²) in [5, 5.41) is 0. The molecule has 0 heteroatoms. The first kappa shape index (κ1) is 6.34. The van der Waals surface area contributed by atoms with Gasteiger partial charge in [-0.05, 0) is 19.3 Å². The Morgan fingerprint density at radius 1 is 1.67 bits per heavy atom. The van der Waals surface area contributed by atoms with Crippen molar-refractivity contribution in [2.45, 2.75) is 12.8 Å². The molecule has 0 amide bonds. The zero-order valence-corrected chi connectivity index (χ0v) is 5.51. The molecule has 0 saturated carbocycles. The topological polar surface area (TPSA) is 0 Å². The van der Waals surface area contributed by atoms with Crippen LogP contribution in [0.2, 0.25) is 0 Å². The predicted octanol–water partition coefficient (Wildman–Crippen LogP) is 2.65. The second-order valence-corrected chi connectivity index (χ2v) is 2.10. The first-order valence-corrected chi connectivity index (χ1v) is 3.23. The fourth-order valence-electron chi connectivity index (χ4n) is 0.876. The Hall–Kier alpha value is -0.780. The molecule has 0 aliphatic heterocycles. The Labute approximate surface area is 56.6 Å². The van der Waals surface area contributed by atoms with E-state index in [-0.39, 0.29) is 0 Å². The highest BCUT2D eigenvalue weighted by atomic mass is 14.0. The van der Waals surface area contributed by atoms with E-state index < -0.39 is 0 Å². The highest BCUT2D eigenvalue weighted by molar-refractivity contribution is 5.27. The molecule has 0 aromatic rings. The van der Waals surface area contributed by atoms with Crippen LogP contribution in [-0.4, -0.2) is 0 Å². The summed E-state index contributed by atoms with van der Waals surface area (Å²) < 4.78 is 0. The molecule has 0 N–H and O–H groups in total. The van der Waals surface area contributed by atoms with Crippen molar-refractivity contribution in [3.05, 3.63) is 42.9 Å². The Kier molecular flexibility index (Phi) is 2.32. The van der Waals surface area contributed by atoms with Crippen LogP contribution < -0.4 is 0 Å². The second kappa shape index (κ2) is 3.29. The molecule has 1 aliphatic carbocycles. The van der Waals surface area contributed by atoms with Crippen LogP contribution in [0.4, 0.5) is 0 Å². The molecule has 0 nitrogen and oxygen atoms in total. The van der Waals surface area contributed by atoms with E-state index in [4.69, 9.17) is 0 Å². The van der Waals surface area contributed by atoms with Gasteiger partial charge in [0.15, 0.2) is 0 Å². The lowest BCUT2D eigenvalue weighted by Crippen LogP contribution is -1.85. The summed E-state index contributed by atoms with van der Waals surface area (Å²) in [5.41, 5.74) is 1.38. The third-order valence-electron chi connectivity index (χ3n) is 1.34. The third kappa shape index (κ3) is 1.88. The predicted molar refractivity (Wildman–Crippen MR) is 41.0 cm³/mol. The molecule has 0 heterocycles. The van der Waals surface area contributed by atoms with E-state index in [1.807, 2.05) is 6.08 Å². The van der Waals surface area contributed by atoms with Gasteiger partial charge in [-0.1, -0.05) is 29.9 Å². The van der Waals surface area contributed by atoms with Gasteiger partial charge in [-0.2, -0.15) is 0 Å². The lowest BCUT2D eigenvalue weighted by atomic mass is 10.0. The van der Waals surface area contributed by atoms with Gasteiger partial charge in [-0.25, -0.2) is 0 Å². The number of allylic oxidation sites excluding steroid dienone is 5. The van der Waals surface area contributed by atoms with Crippen LogP contribution in [-0.2, 0) is 0 Å². The Balaban J connectivity index is 2.47. The van der Waals surface area contributed by atoms with Gasteiger partial charge in [0.2, 0.25) is 0 Å². The molecule has 0 aromatic heterocycles. The van der Waals surface area contributed by atoms with Gasteiger partial charge in [0, 0.05) is 0 Å². The van der Waals surface area contributed by atoms with Crippen LogP contribution >= 0.6 is 0 Å². The molecule has 0 spiro atoms. The Morgan fingerprint density at radius 3 is 3.11 bits per heavy atom. The molecule has 0 unspecified atom stereocenters. The van der Waals surface area contributed by atoms with E-state index in [0.717, 1.165) is 12.8 Å². The van der Waals surface area contributed by atoms with Crippen LogP contribution in [0.25, 0.3) is 0 Å². The maximum atomic E-state index is 3.67. The highest BCUT2D eigenvalue weighted by Crippen LogP contribution is 2.13. The summed E-state index contributed by atoms with van der Waals surface area (Å²) in [6, 6.07) is 0. The number of hydrogen-bond acceptors (Lipinski definition) is 0. The Morgan fingerprint density at radius 2 is 2.56 bits per heavy atom. The van der Waals surface area contributed by atoms with Crippen LogP contribution in [0.3, 0.4) is 0 Å². The lowest BCUT2D eigenvalue weighted by molar-refractivity contribution is 1.12. The first-order valence-electron chi connectivity index (χ1n) is 3.23. The fraction of sp³-hybridized carbons (Fsp3) is 0.222. The van der Waals surface area contributed by atoms with Crippen LogP contribution in [0.1, 0.15) is 12.8 Å². The van der Waals surface area contributed by atoms with Crippen LogP contribution in [0, 0.1) is 6.42 Å². The zero-order valence-electron chi connectivity index (χ0n) is 5.51. The summed E-state index contributed by atoms with van der Waals surface area (Å²) in [7, 11) is 0. The van der Waals surface area contributed by atoms with Crippen molar-refractivity contribution >= 4 is 0 Å². The summed E-state index contributed by atoms with van der Waals surface area (Å²) in [5.74, 6) is 0. The minimum absolute atomic E-state index is 1.00. The SMILES string of the molecule is C=CCC1=CC=CC[CH]1. The largest absolute Gasteiger partial charge is 0.103 e. The van der Waals surface area contributed by atoms with Gasteiger partial charge >= 0.3 is 0 Å². The quantitative estimate of drug-likeness (QED) is 0.490. The number of hydrogen-bond donors (Lipinski definition) is 0. The maximum Gasteiger partial charge on any atom is -0.00935 e. The first-order chi connectivity index (χ1) is 4.43. The standard InChI is InChI=1S/C9H11/c1-2-6-9-7-4-3-5-8-9/h2-4,7-8H,1,5-6H2. The van der Waals surface area contributed by atoms with Crippen molar-refractivity contribution in [1.82, 2.24) is 0 Å². The second-order valence-electron chi connectivity index (χ2n) is 2.10. The van der Waals surface area contributed by atoms with E-state index in [9.17, 15) is 0 Å². The smallest absolute Gasteiger partial charge is 0.00935 e. The average Bonchev–Trinajstić information content (AvgIpc) is 1.91. The summed E-state index contributed by atoms with van der Waals surface area (Å²) in [6.45, 7) is 3.67. The van der Waals surface area contributed by atoms with Crippen molar-refractivity contribution in [3.8, 4) is 0 Å². The minimum atomic E-state index is 1.00. The zero-order chi connectivity index (χ0) is 6.53. The molecule has 0 atom stereocenters. The minimum Gasteiger partial charge on any atom is -0.103 e. The van der Waals surface area contributed by atoms with Crippen molar-refractivity contribution in [3.63, 3.8) is 0 Å². The number of rotatable bonds is 2. The van der Waals surface area contributed by atoms with Gasteiger partial charge < -0.3 is 0 Å². The van der Waals surface area contributed by atoms with Crippen LogP contribution in [0.5, 0.6) is 0 Å². The van der Waals surface area contributed by atoms with E-state index >= 15 is 0 Å². The summed E-state index contributed by atoms with van der Waals surface area (Å²) in [4.78, 5) is 0. The molecule has 0 saturated heterocycles. The molecule has 0 fully saturated rings. The van der Waals surface area contributed by atoms with Gasteiger partial charge in [0.25, 0.3) is 0 Å². The summed E-state index contributed by atoms with van der Waals surface area (Å²) in [6.07, 6.45) is 12.6. The normalized spacial score (nSPS) is 17.1. The monoisotopic (exact) mass is 119 g/mol. The molecule has 0 bridgehead atoms. The molecule has 1 radical (unpaired) electrons. The van der Waals surface area contributed by atoms with Gasteiger partial charge in [-0.3, -0.25) is 0 Å². The summed E-state index contributed by atoms with van der Waals surface area (Å²) >= 11 is 0. The van der Waals surface area contributed by atoms with E-state index in [1.54, 1.807) is 0 Å². The van der Waals surface area contributed by atoms with Gasteiger partial charge in [0.1, 0.15) is 0 Å². The molecular formula is C9H11. The van der Waals surface area contributed by atoms with E-state index in [2.05, 4.69) is 31.2 Å². The van der Waals surface area contributed by atoms with Gasteiger partial charge in [0.05, 0.1) is 0 Å². The third-order valence-corrected chi connectivity index (χ3v) is 1.34. The molecule has 1 rings (SSSR count). The van der Waals surface area contributed by atoms with Crippen molar-refractivity contribution in [1.29, 1.82) is 0 Å². The maximum absolute atomic E-state index is 3.67. The van der Waals surface area contributed by atoms with Crippen LogP contribution in [0.15, 0.2) is 36.5 Å². The van der Waals surface area contributed by atoms with Gasteiger partial charge in [-0.15, -0.1) is 6.58 Å². The van der Waals surface area contributed by atoms with Crippen molar-refractivity contribution in [2.24, 2.45) is 0 Å². The van der Waals surface area contributed by atoms with Crippen molar-refractivity contribution < 1.29 is 0 Å². The highest BCUT2D eigenvalue weighted by Gasteiger charge is 1.95. The van der Waals surface area contributed by atoms with Crippen molar-refractivity contribution in [2.75, 3.05) is 0 Å². The molecular weight excluding hydrogens is 108 g/mol. The molecule has 47 valence electrons. The molecule has 0 aromatic carbocycles. The average molecular weight is 119 g/mol. The molecule has 1 aliphatic rings. The van der Waals surface area contributed by atoms with E-state index in [1.165, 1.54) is 5.57 Å².